The summed E-state index contributed by atoms with van der Waals surface area (Å²) >= 11 is 0. The van der Waals surface area contributed by atoms with Crippen LogP contribution in [-0.4, -0.2) is 52.4 Å². The summed E-state index contributed by atoms with van der Waals surface area (Å²) in [5, 5.41) is 22.7. The predicted octanol–water partition coefficient (Wildman–Crippen LogP) is 1.57. The molecule has 6 fully saturated rings. The molecule has 32 heavy (non-hydrogen) atoms. The van der Waals surface area contributed by atoms with Gasteiger partial charge in [0.15, 0.2) is 23.6 Å². The van der Waals surface area contributed by atoms with Gasteiger partial charge in [-0.15, -0.1) is 0 Å². The molecule has 7 nitrogen and oxygen atoms in total. The SMILES string of the molecule is C=C1C2C(=O)C34[C@H]2[C@H]1CC[C@H]3[C@@]12CO[C@@]4(OC(C)(C)O)[C@@H](O)[C@@H]1C(C)(C)C=C(C=O)C2=O. The molecule has 2 spiro atoms. The predicted molar refractivity (Wildman–Crippen MR) is 111 cm³/mol. The van der Waals surface area contributed by atoms with Gasteiger partial charge in [-0.05, 0) is 49.9 Å². The minimum absolute atomic E-state index is 0.0546. The maximum absolute atomic E-state index is 13.9. The molecule has 5 aliphatic carbocycles. The molecule has 0 aromatic rings. The molecule has 7 heteroatoms. The number of aliphatic hydroxyl groups excluding tert-OH is 1. The van der Waals surface area contributed by atoms with Crippen molar-refractivity contribution in [2.75, 3.05) is 6.61 Å². The number of carbonyl (C=O) groups is 3. The topological polar surface area (TPSA) is 110 Å². The molecule has 2 saturated heterocycles. The summed E-state index contributed by atoms with van der Waals surface area (Å²) in [6, 6.07) is 0. The number of carbonyl (C=O) groups excluding carboxylic acids is 3. The fourth-order valence-electron chi connectivity index (χ4n) is 9.17. The zero-order valence-corrected chi connectivity index (χ0v) is 18.9. The standard InChI is InChI=1S/C25H30O7/c1-11-13-6-7-14-23-10-31-25(32-22(4,5)30,24(14)16(13)15(11)19(24)28)20(29)17(23)21(2,3)8-12(9-26)18(23)27/h8-9,13-17,20,29-30H,1,6-7,10H2,2-5H3/t13-,14-,15?,16-,17+,20-,23-,24?,25+/m0/s1. The molecule has 0 aromatic carbocycles. The van der Waals surface area contributed by atoms with Gasteiger partial charge in [-0.25, -0.2) is 0 Å². The summed E-state index contributed by atoms with van der Waals surface area (Å²) in [4.78, 5) is 39.7. The van der Waals surface area contributed by atoms with Crippen molar-refractivity contribution in [3.8, 4) is 0 Å². The highest BCUT2D eigenvalue weighted by Crippen LogP contribution is 2.83. The van der Waals surface area contributed by atoms with Crippen LogP contribution in [0.5, 0.6) is 0 Å². The smallest absolute Gasteiger partial charge is 0.211 e. The highest BCUT2D eigenvalue weighted by molar-refractivity contribution is 6.16. The second-order valence-corrected chi connectivity index (χ2v) is 11.9. The molecule has 2 N–H and O–H groups in total. The second kappa shape index (κ2) is 5.52. The Hall–Kier alpha value is -1.67. The summed E-state index contributed by atoms with van der Waals surface area (Å²) < 4.78 is 12.5. The van der Waals surface area contributed by atoms with E-state index in [1.807, 2.05) is 13.8 Å². The van der Waals surface area contributed by atoms with E-state index in [0.29, 0.717) is 12.7 Å². The lowest BCUT2D eigenvalue weighted by atomic mass is 9.23. The van der Waals surface area contributed by atoms with Crippen molar-refractivity contribution in [3.05, 3.63) is 23.8 Å². The molecule has 4 saturated carbocycles. The maximum atomic E-state index is 13.9. The summed E-state index contributed by atoms with van der Waals surface area (Å²) in [6.45, 7) is 10.8. The first-order valence-electron chi connectivity index (χ1n) is 11.5. The average molecular weight is 443 g/mol. The largest absolute Gasteiger partial charge is 0.387 e. The van der Waals surface area contributed by atoms with Gasteiger partial charge in [0.2, 0.25) is 5.79 Å². The first-order chi connectivity index (χ1) is 14.8. The number of Topliss-reactive ketones (excluding diaryl/α,β-unsaturated/α-hetero) is 2. The lowest BCUT2D eigenvalue weighted by Crippen LogP contribution is -2.92. The minimum Gasteiger partial charge on any atom is -0.387 e. The molecule has 2 unspecified atom stereocenters. The number of allylic oxidation sites excluding steroid dienone is 3. The van der Waals surface area contributed by atoms with E-state index in [-0.39, 0.29) is 41.5 Å². The number of hydrogen-bond donors (Lipinski definition) is 2. The Morgan fingerprint density at radius 3 is 2.59 bits per heavy atom. The summed E-state index contributed by atoms with van der Waals surface area (Å²) in [5.74, 6) is -5.30. The van der Waals surface area contributed by atoms with Crippen LogP contribution in [-0.2, 0) is 23.9 Å². The molecule has 2 heterocycles. The van der Waals surface area contributed by atoms with Crippen molar-refractivity contribution in [1.82, 2.24) is 0 Å². The van der Waals surface area contributed by atoms with Crippen LogP contribution >= 0.6 is 0 Å². The fourth-order valence-corrected chi connectivity index (χ4v) is 9.17. The number of aldehydes is 1. The van der Waals surface area contributed by atoms with Crippen LogP contribution in [0.3, 0.4) is 0 Å². The van der Waals surface area contributed by atoms with E-state index in [1.54, 1.807) is 6.08 Å². The van der Waals surface area contributed by atoms with Crippen LogP contribution < -0.4 is 0 Å². The molecule has 172 valence electrons. The van der Waals surface area contributed by atoms with E-state index >= 15 is 0 Å². The van der Waals surface area contributed by atoms with E-state index < -0.39 is 45.8 Å². The van der Waals surface area contributed by atoms with Gasteiger partial charge in [-0.3, -0.25) is 14.4 Å². The van der Waals surface area contributed by atoms with Crippen molar-refractivity contribution >= 4 is 17.9 Å². The molecule has 2 bridgehead atoms. The Bertz CT molecular complexity index is 1030. The molecule has 7 aliphatic rings. The Balaban J connectivity index is 1.65. The van der Waals surface area contributed by atoms with E-state index in [0.717, 1.165) is 12.0 Å². The second-order valence-electron chi connectivity index (χ2n) is 11.9. The van der Waals surface area contributed by atoms with E-state index in [1.165, 1.54) is 13.8 Å². The van der Waals surface area contributed by atoms with Crippen molar-refractivity contribution in [2.24, 2.45) is 45.8 Å². The normalized spacial score (nSPS) is 52.2. The van der Waals surface area contributed by atoms with E-state index in [4.69, 9.17) is 9.47 Å². The number of hydrogen-bond acceptors (Lipinski definition) is 7. The zero-order chi connectivity index (χ0) is 23.2. The summed E-state index contributed by atoms with van der Waals surface area (Å²) in [5.41, 5.74) is -2.17. The molecule has 7 rings (SSSR count). The highest BCUT2D eigenvalue weighted by Gasteiger charge is 2.92. The Morgan fingerprint density at radius 1 is 1.28 bits per heavy atom. The quantitative estimate of drug-likeness (QED) is 0.295. The third-order valence-electron chi connectivity index (χ3n) is 9.73. The minimum atomic E-state index is -1.76. The fraction of sp³-hybridized carbons (Fsp3) is 0.720. The third-order valence-corrected chi connectivity index (χ3v) is 9.73. The Kier molecular flexibility index (Phi) is 3.60. The maximum Gasteiger partial charge on any atom is 0.211 e. The van der Waals surface area contributed by atoms with Gasteiger partial charge >= 0.3 is 0 Å². The third kappa shape index (κ3) is 1.80. The molecule has 2 aliphatic heterocycles. The van der Waals surface area contributed by atoms with Crippen LogP contribution in [0.2, 0.25) is 0 Å². The monoisotopic (exact) mass is 442 g/mol. The first kappa shape index (κ1) is 20.9. The Labute approximate surface area is 186 Å². The van der Waals surface area contributed by atoms with Gasteiger partial charge in [0.25, 0.3) is 0 Å². The molecular weight excluding hydrogens is 412 g/mol. The molecule has 0 aromatic heterocycles. The van der Waals surface area contributed by atoms with Crippen molar-refractivity contribution in [1.29, 1.82) is 0 Å². The van der Waals surface area contributed by atoms with Crippen LogP contribution in [0.4, 0.5) is 0 Å². The molecular formula is C25H30O7. The molecule has 0 radical (unpaired) electrons. The van der Waals surface area contributed by atoms with Gasteiger partial charge in [-0.1, -0.05) is 32.1 Å². The van der Waals surface area contributed by atoms with Gasteiger partial charge in [0.05, 0.1) is 23.0 Å². The average Bonchev–Trinajstić information content (AvgIpc) is 2.68. The van der Waals surface area contributed by atoms with Crippen molar-refractivity contribution in [3.63, 3.8) is 0 Å². The van der Waals surface area contributed by atoms with Crippen molar-refractivity contribution in [2.45, 2.75) is 58.2 Å². The first-order valence-corrected chi connectivity index (χ1v) is 11.5. The van der Waals surface area contributed by atoms with Crippen molar-refractivity contribution < 1.29 is 34.1 Å². The molecule has 0 amide bonds. The van der Waals surface area contributed by atoms with Crippen LogP contribution in [0, 0.1) is 45.8 Å². The van der Waals surface area contributed by atoms with Gasteiger partial charge in [-0.2, -0.15) is 0 Å². The Morgan fingerprint density at radius 2 is 1.97 bits per heavy atom. The van der Waals surface area contributed by atoms with Gasteiger partial charge in [0, 0.05) is 11.8 Å². The summed E-state index contributed by atoms with van der Waals surface area (Å²) in [7, 11) is 0. The lowest BCUT2D eigenvalue weighted by molar-refractivity contribution is -0.492. The highest BCUT2D eigenvalue weighted by atomic mass is 16.8. The number of aliphatic hydroxyl groups is 2. The summed E-state index contributed by atoms with van der Waals surface area (Å²) in [6.07, 6.45) is 2.27. The van der Waals surface area contributed by atoms with E-state index in [2.05, 4.69) is 6.58 Å². The van der Waals surface area contributed by atoms with Crippen LogP contribution in [0.25, 0.3) is 0 Å². The number of ketones is 2. The van der Waals surface area contributed by atoms with Crippen LogP contribution in [0.15, 0.2) is 23.8 Å². The van der Waals surface area contributed by atoms with Gasteiger partial charge in [0.1, 0.15) is 6.10 Å². The number of fused-ring (bicyclic) bond motifs is 1. The number of ether oxygens (including phenoxy) is 2. The molecule has 9 atom stereocenters. The van der Waals surface area contributed by atoms with E-state index in [9.17, 15) is 24.6 Å². The zero-order valence-electron chi connectivity index (χ0n) is 18.9. The van der Waals surface area contributed by atoms with Crippen LogP contribution in [0.1, 0.15) is 40.5 Å². The van der Waals surface area contributed by atoms with Gasteiger partial charge < -0.3 is 19.7 Å². The lowest BCUT2D eigenvalue weighted by Gasteiger charge is -2.82. The number of rotatable bonds is 3.